The van der Waals surface area contributed by atoms with E-state index in [1.54, 1.807) is 27.8 Å². The zero-order valence-electron chi connectivity index (χ0n) is 29.2. The molecule has 270 valence electrons. The van der Waals surface area contributed by atoms with E-state index in [2.05, 4.69) is 45.1 Å². The summed E-state index contributed by atoms with van der Waals surface area (Å²) in [5.74, 6) is 0.0244. The second-order valence-electron chi connectivity index (χ2n) is 14.0. The number of benzene rings is 1. The second kappa shape index (κ2) is 15.1. The highest BCUT2D eigenvalue weighted by Crippen LogP contribution is 2.40. The summed E-state index contributed by atoms with van der Waals surface area (Å²) in [6.45, 7) is 11.6. The number of carbonyl (C=O) groups excluding carboxylic acids is 1. The first-order valence-electron chi connectivity index (χ1n) is 16.8. The molecule has 4 aromatic heterocycles. The average molecular weight is 739 g/mol. The number of anilines is 1. The van der Waals surface area contributed by atoms with Gasteiger partial charge in [-0.15, -0.1) is 10.2 Å². The lowest BCUT2D eigenvalue weighted by Crippen LogP contribution is -2.50. The number of hydrogen-bond donors (Lipinski definition) is 1. The third kappa shape index (κ3) is 8.91. The van der Waals surface area contributed by atoms with Crippen LogP contribution in [0.1, 0.15) is 35.9 Å². The van der Waals surface area contributed by atoms with E-state index >= 15 is 0 Å². The Hall–Kier alpha value is -4.41. The number of nitrogens with one attached hydrogen (secondary N) is 1. The molecule has 0 saturated carbocycles. The van der Waals surface area contributed by atoms with Crippen LogP contribution in [0, 0.1) is 6.92 Å². The van der Waals surface area contributed by atoms with Crippen LogP contribution in [0.5, 0.6) is 0 Å². The lowest BCUT2D eigenvalue weighted by molar-refractivity contribution is -0.137. The number of piperidine rings is 1. The number of pyridine rings is 1. The van der Waals surface area contributed by atoms with Crippen LogP contribution in [0.2, 0.25) is 25.7 Å². The fourth-order valence-corrected chi connectivity index (χ4v) is 7.26. The topological polar surface area (TPSA) is 120 Å². The molecule has 51 heavy (non-hydrogen) atoms. The number of fused-ring (bicyclic) bond motifs is 1. The van der Waals surface area contributed by atoms with Crippen LogP contribution in [0.25, 0.3) is 33.0 Å². The van der Waals surface area contributed by atoms with Crippen molar-refractivity contribution in [1.82, 2.24) is 34.6 Å². The van der Waals surface area contributed by atoms with Gasteiger partial charge in [-0.3, -0.25) is 0 Å². The van der Waals surface area contributed by atoms with Gasteiger partial charge in [0.25, 0.3) is 0 Å². The highest BCUT2D eigenvalue weighted by atomic mass is 32.1. The first kappa shape index (κ1) is 36.4. The van der Waals surface area contributed by atoms with Crippen molar-refractivity contribution in [2.45, 2.75) is 84.0 Å². The molecule has 5 heterocycles. The minimum Gasteiger partial charge on any atom is -0.445 e. The summed E-state index contributed by atoms with van der Waals surface area (Å²) >= 11 is 1.38. The fraction of sp³-hybridized carbons (Fsp3) is 0.429. The van der Waals surface area contributed by atoms with Crippen molar-refractivity contribution in [3.8, 4) is 22.0 Å². The Morgan fingerprint density at radius 3 is 2.57 bits per heavy atom. The molecule has 0 unspecified atom stereocenters. The number of amides is 1. The summed E-state index contributed by atoms with van der Waals surface area (Å²) in [6.07, 6.45) is -1.44. The van der Waals surface area contributed by atoms with Gasteiger partial charge in [-0.2, -0.15) is 13.2 Å². The Morgan fingerprint density at radius 2 is 1.86 bits per heavy atom. The fourth-order valence-electron chi connectivity index (χ4n) is 5.84. The molecular weight excluding hydrogens is 698 g/mol. The van der Waals surface area contributed by atoms with Crippen LogP contribution >= 0.6 is 11.3 Å². The minimum absolute atomic E-state index is 0.0244. The number of rotatable bonds is 11. The maximum absolute atomic E-state index is 14.5. The standard InChI is InChI=1S/C35H41F3N8O3SSi/c1-22-11-12-25(18-46(22)34(47)49-20-24-9-7-6-8-10-24)40-33-39-17-28(35(36,37)38)30(42-33)27-19-45(21-48-15-16-51(3,4)5)31-26(27)13-14-29(41-31)32-44-43-23(2)50-32/h6-10,13-14,17,19,22,25H,11-12,15-16,18,20-21H2,1-5H3,(H,39,40,42)/t22-,25-/m0/s1. The van der Waals surface area contributed by atoms with E-state index in [9.17, 15) is 18.0 Å². The van der Waals surface area contributed by atoms with Gasteiger partial charge in [-0.1, -0.05) is 61.3 Å². The van der Waals surface area contributed by atoms with Crippen molar-refractivity contribution >= 4 is 42.5 Å². The first-order chi connectivity index (χ1) is 24.2. The van der Waals surface area contributed by atoms with Gasteiger partial charge in [0, 0.05) is 56.7 Å². The molecule has 0 radical (unpaired) electrons. The minimum atomic E-state index is -4.73. The Labute approximate surface area is 299 Å². The van der Waals surface area contributed by atoms with Crippen LogP contribution in [-0.2, 0) is 29.0 Å². The zero-order valence-corrected chi connectivity index (χ0v) is 31.0. The zero-order chi connectivity index (χ0) is 36.3. The molecule has 6 rings (SSSR count). The Morgan fingerprint density at radius 1 is 1.08 bits per heavy atom. The van der Waals surface area contributed by atoms with E-state index in [1.807, 2.05) is 44.2 Å². The van der Waals surface area contributed by atoms with E-state index in [1.165, 1.54) is 11.3 Å². The van der Waals surface area contributed by atoms with Crippen LogP contribution in [0.3, 0.4) is 0 Å². The third-order valence-corrected chi connectivity index (χ3v) is 11.3. The van der Waals surface area contributed by atoms with E-state index in [4.69, 9.17) is 14.5 Å². The van der Waals surface area contributed by atoms with Gasteiger partial charge in [0.2, 0.25) is 5.95 Å². The van der Waals surface area contributed by atoms with Crippen LogP contribution in [0.4, 0.5) is 23.9 Å². The molecule has 5 aromatic rings. The molecule has 1 aliphatic heterocycles. The van der Waals surface area contributed by atoms with Gasteiger partial charge in [0.1, 0.15) is 35.2 Å². The van der Waals surface area contributed by atoms with Gasteiger partial charge in [0.05, 0.1) is 5.69 Å². The van der Waals surface area contributed by atoms with Crippen molar-refractivity contribution in [1.29, 1.82) is 0 Å². The number of nitrogens with zero attached hydrogens (tertiary/aromatic N) is 7. The monoisotopic (exact) mass is 738 g/mol. The quantitative estimate of drug-likeness (QED) is 0.106. The lowest BCUT2D eigenvalue weighted by Gasteiger charge is -2.37. The lowest BCUT2D eigenvalue weighted by atomic mass is 10.00. The molecule has 0 bridgehead atoms. The van der Waals surface area contributed by atoms with Crippen molar-refractivity contribution in [3.05, 3.63) is 71.0 Å². The van der Waals surface area contributed by atoms with Gasteiger partial charge in [0.15, 0.2) is 5.01 Å². The molecule has 1 aliphatic rings. The molecule has 1 aromatic carbocycles. The van der Waals surface area contributed by atoms with Crippen LogP contribution in [0.15, 0.2) is 54.9 Å². The van der Waals surface area contributed by atoms with E-state index in [0.717, 1.165) is 22.8 Å². The predicted octanol–water partition coefficient (Wildman–Crippen LogP) is 8.25. The Balaban J connectivity index is 1.30. The summed E-state index contributed by atoms with van der Waals surface area (Å²) in [6, 6.07) is 13.4. The number of aryl methyl sites for hydroxylation is 1. The number of ether oxygens (including phenoxy) is 2. The molecule has 1 amide bonds. The smallest absolute Gasteiger partial charge is 0.419 e. The molecule has 2 atom stereocenters. The summed E-state index contributed by atoms with van der Waals surface area (Å²) in [5.41, 5.74) is 0.857. The average Bonchev–Trinajstić information content (AvgIpc) is 3.69. The van der Waals surface area contributed by atoms with Gasteiger partial charge >= 0.3 is 12.3 Å². The van der Waals surface area contributed by atoms with Gasteiger partial charge in [-0.25, -0.2) is 19.7 Å². The number of alkyl halides is 3. The van der Waals surface area contributed by atoms with Crippen molar-refractivity contribution in [2.24, 2.45) is 0 Å². The van der Waals surface area contributed by atoms with Gasteiger partial charge in [-0.05, 0) is 50.4 Å². The highest BCUT2D eigenvalue weighted by Gasteiger charge is 2.37. The van der Waals surface area contributed by atoms with Gasteiger partial charge < -0.3 is 24.3 Å². The molecule has 16 heteroatoms. The summed E-state index contributed by atoms with van der Waals surface area (Å²) in [7, 11) is -1.38. The SMILES string of the molecule is Cc1nnc(-c2ccc3c(-c4nc(N[C@H]5CC[C@H](C)N(C(=O)OCc6ccccc6)C5)ncc4C(F)(F)F)cn(COCC[Si](C)(C)C)c3n2)s1. The number of aromatic nitrogens is 6. The maximum Gasteiger partial charge on any atom is 0.419 e. The second-order valence-corrected chi connectivity index (χ2v) is 20.8. The molecular formula is C35H41F3N8O3SSi. The first-order valence-corrected chi connectivity index (χ1v) is 21.3. The number of hydrogen-bond acceptors (Lipinski definition) is 10. The number of carbonyl (C=O) groups is 1. The largest absolute Gasteiger partial charge is 0.445 e. The molecule has 1 N–H and O–H groups in total. The van der Waals surface area contributed by atoms with Crippen LogP contribution in [-0.4, -0.2) is 74.0 Å². The third-order valence-electron chi connectivity index (χ3n) is 8.70. The normalized spacial score (nSPS) is 16.8. The van der Waals surface area contributed by atoms with Crippen molar-refractivity contribution in [3.63, 3.8) is 0 Å². The molecule has 1 fully saturated rings. The Bertz CT molecular complexity index is 1980. The van der Waals surface area contributed by atoms with E-state index in [-0.39, 0.29) is 49.2 Å². The predicted molar refractivity (Wildman–Crippen MR) is 193 cm³/mol. The van der Waals surface area contributed by atoms with E-state index < -0.39 is 25.9 Å². The summed E-state index contributed by atoms with van der Waals surface area (Å²) < 4.78 is 56.9. The molecule has 0 aliphatic carbocycles. The summed E-state index contributed by atoms with van der Waals surface area (Å²) in [5, 5.41) is 13.3. The van der Waals surface area contributed by atoms with Crippen molar-refractivity contribution in [2.75, 3.05) is 18.5 Å². The highest BCUT2D eigenvalue weighted by molar-refractivity contribution is 7.14. The number of likely N-dealkylation sites (tertiary alicyclic amines) is 1. The van der Waals surface area contributed by atoms with E-state index in [0.29, 0.717) is 41.2 Å². The summed E-state index contributed by atoms with van der Waals surface area (Å²) in [4.78, 5) is 28.1. The Kier molecular flexibility index (Phi) is 10.7. The maximum atomic E-state index is 14.5. The molecule has 0 spiro atoms. The van der Waals surface area contributed by atoms with Crippen LogP contribution < -0.4 is 5.32 Å². The molecule has 1 saturated heterocycles. The number of halogens is 3. The molecule has 11 nitrogen and oxygen atoms in total. The van der Waals surface area contributed by atoms with Crippen molar-refractivity contribution < 1.29 is 27.4 Å².